The first-order chi connectivity index (χ1) is 8.56. The van der Waals surface area contributed by atoms with Crippen molar-refractivity contribution in [2.24, 2.45) is 7.05 Å². The molecule has 0 saturated heterocycles. The Labute approximate surface area is 122 Å². The van der Waals surface area contributed by atoms with Crippen molar-refractivity contribution in [3.8, 4) is 0 Å². The predicted molar refractivity (Wildman–Crippen MR) is 83.8 cm³/mol. The quantitative estimate of drug-likeness (QED) is 0.847. The summed E-state index contributed by atoms with van der Waals surface area (Å²) in [5, 5.41) is 7.95. The fourth-order valence-corrected chi connectivity index (χ4v) is 2.30. The van der Waals surface area contributed by atoms with E-state index in [1.165, 1.54) is 14.8 Å². The Morgan fingerprint density at radius 2 is 1.94 bits per heavy atom. The lowest BCUT2D eigenvalue weighted by Crippen LogP contribution is -2.02. The summed E-state index contributed by atoms with van der Waals surface area (Å²) in [5.74, 6) is 0.458. The van der Waals surface area contributed by atoms with E-state index in [-0.39, 0.29) is 0 Å². The second-order valence-electron chi connectivity index (χ2n) is 4.73. The maximum Gasteiger partial charge on any atom is 0.0699 e. The van der Waals surface area contributed by atoms with Gasteiger partial charge in [0.1, 0.15) is 0 Å². The number of anilines is 1. The third-order valence-corrected chi connectivity index (χ3v) is 3.53. The number of aryl methyl sites for hydroxylation is 1. The molecule has 1 N–H and O–H groups in total. The first-order valence-electron chi connectivity index (χ1n) is 6.08. The number of benzene rings is 1. The second kappa shape index (κ2) is 5.73. The molecule has 0 fully saturated rings. The van der Waals surface area contributed by atoms with Crippen LogP contribution in [0.3, 0.4) is 0 Å². The van der Waals surface area contributed by atoms with Crippen LogP contribution in [0.25, 0.3) is 0 Å². The molecule has 18 heavy (non-hydrogen) atoms. The second-order valence-corrected chi connectivity index (χ2v) is 5.97. The first-order valence-corrected chi connectivity index (χ1v) is 7.16. The lowest BCUT2D eigenvalue weighted by atomic mass is 10.1. The Bertz CT molecular complexity index is 514. The normalized spacial score (nSPS) is 10.9. The fourth-order valence-electron chi connectivity index (χ4n) is 1.94. The number of hydrogen-bond donors (Lipinski definition) is 1. The molecule has 0 bridgehead atoms. The molecule has 0 aliphatic rings. The summed E-state index contributed by atoms with van der Waals surface area (Å²) >= 11 is 2.31. The van der Waals surface area contributed by atoms with Crippen molar-refractivity contribution in [1.29, 1.82) is 0 Å². The third kappa shape index (κ3) is 3.25. The van der Waals surface area contributed by atoms with Crippen LogP contribution in [0.5, 0.6) is 0 Å². The van der Waals surface area contributed by atoms with E-state index in [9.17, 15) is 0 Å². The van der Waals surface area contributed by atoms with E-state index in [0.717, 1.165) is 12.2 Å². The van der Waals surface area contributed by atoms with Gasteiger partial charge in [0.25, 0.3) is 0 Å². The highest BCUT2D eigenvalue weighted by atomic mass is 127. The largest absolute Gasteiger partial charge is 0.381 e. The van der Waals surface area contributed by atoms with Crippen molar-refractivity contribution in [1.82, 2.24) is 9.78 Å². The molecular formula is C14H18IN3. The van der Waals surface area contributed by atoms with Crippen LogP contribution in [0.15, 0.2) is 30.5 Å². The molecule has 1 heterocycles. The highest BCUT2D eigenvalue weighted by Gasteiger charge is 2.10. The summed E-state index contributed by atoms with van der Waals surface area (Å²) < 4.78 is 3.14. The molecule has 1 aromatic heterocycles. The van der Waals surface area contributed by atoms with Gasteiger partial charge in [0.2, 0.25) is 0 Å². The van der Waals surface area contributed by atoms with Crippen LogP contribution in [0.4, 0.5) is 5.69 Å². The molecule has 0 aliphatic heterocycles. The highest BCUT2D eigenvalue weighted by molar-refractivity contribution is 14.1. The number of hydrogen-bond acceptors (Lipinski definition) is 2. The molecule has 0 radical (unpaired) electrons. The lowest BCUT2D eigenvalue weighted by Gasteiger charge is -2.08. The van der Waals surface area contributed by atoms with E-state index >= 15 is 0 Å². The van der Waals surface area contributed by atoms with Crippen molar-refractivity contribution in [2.75, 3.05) is 5.32 Å². The zero-order chi connectivity index (χ0) is 13.1. The van der Waals surface area contributed by atoms with E-state index in [2.05, 4.69) is 77.3 Å². The summed E-state index contributed by atoms with van der Waals surface area (Å²) in [6.07, 6.45) is 2.09. The SMILES string of the molecule is CC(C)c1nn(C)cc1CNc1ccc(I)cc1. The molecule has 0 atom stereocenters. The van der Waals surface area contributed by atoms with Crippen molar-refractivity contribution < 1.29 is 0 Å². The van der Waals surface area contributed by atoms with Gasteiger partial charge < -0.3 is 5.32 Å². The Hall–Kier alpha value is -1.04. The Morgan fingerprint density at radius 1 is 1.28 bits per heavy atom. The summed E-state index contributed by atoms with van der Waals surface area (Å²) in [7, 11) is 1.97. The molecule has 2 rings (SSSR count). The minimum atomic E-state index is 0.458. The van der Waals surface area contributed by atoms with Gasteiger partial charge in [-0.2, -0.15) is 5.10 Å². The van der Waals surface area contributed by atoms with Gasteiger partial charge in [-0.05, 0) is 52.8 Å². The molecule has 96 valence electrons. The van der Waals surface area contributed by atoms with Crippen LogP contribution in [-0.4, -0.2) is 9.78 Å². The van der Waals surface area contributed by atoms with E-state index in [1.807, 2.05) is 11.7 Å². The van der Waals surface area contributed by atoms with Gasteiger partial charge in [-0.25, -0.2) is 0 Å². The van der Waals surface area contributed by atoms with Crippen LogP contribution in [0, 0.1) is 3.57 Å². The summed E-state index contributed by atoms with van der Waals surface area (Å²) in [6, 6.07) is 8.42. The van der Waals surface area contributed by atoms with Gasteiger partial charge in [0.05, 0.1) is 5.69 Å². The van der Waals surface area contributed by atoms with E-state index in [4.69, 9.17) is 0 Å². The smallest absolute Gasteiger partial charge is 0.0699 e. The molecular weight excluding hydrogens is 337 g/mol. The molecule has 0 unspecified atom stereocenters. The monoisotopic (exact) mass is 355 g/mol. The van der Waals surface area contributed by atoms with Gasteiger partial charge in [0.15, 0.2) is 0 Å². The number of aromatic nitrogens is 2. The summed E-state index contributed by atoms with van der Waals surface area (Å²) in [4.78, 5) is 0. The highest BCUT2D eigenvalue weighted by Crippen LogP contribution is 2.19. The molecule has 0 amide bonds. The van der Waals surface area contributed by atoms with Crippen molar-refractivity contribution in [3.05, 3.63) is 45.3 Å². The first kappa shape index (κ1) is 13.4. The topological polar surface area (TPSA) is 29.9 Å². The molecule has 2 aromatic rings. The minimum Gasteiger partial charge on any atom is -0.381 e. The maximum atomic E-state index is 4.51. The van der Waals surface area contributed by atoms with Gasteiger partial charge >= 0.3 is 0 Å². The molecule has 0 saturated carbocycles. The average Bonchev–Trinajstić information content (AvgIpc) is 2.70. The number of nitrogens with zero attached hydrogens (tertiary/aromatic N) is 2. The van der Waals surface area contributed by atoms with E-state index < -0.39 is 0 Å². The minimum absolute atomic E-state index is 0.458. The van der Waals surface area contributed by atoms with Gasteiger partial charge in [0, 0.05) is 34.6 Å². The Morgan fingerprint density at radius 3 is 2.56 bits per heavy atom. The molecule has 4 heteroatoms. The fraction of sp³-hybridized carbons (Fsp3) is 0.357. The van der Waals surface area contributed by atoms with Crippen molar-refractivity contribution in [2.45, 2.75) is 26.3 Å². The number of halogens is 1. The lowest BCUT2D eigenvalue weighted by molar-refractivity contribution is 0.712. The van der Waals surface area contributed by atoms with Gasteiger partial charge in [-0.15, -0.1) is 0 Å². The van der Waals surface area contributed by atoms with Crippen molar-refractivity contribution >= 4 is 28.3 Å². The maximum absolute atomic E-state index is 4.51. The van der Waals surface area contributed by atoms with Crippen LogP contribution >= 0.6 is 22.6 Å². The van der Waals surface area contributed by atoms with E-state index in [0.29, 0.717) is 5.92 Å². The van der Waals surface area contributed by atoms with Crippen LogP contribution in [0.2, 0.25) is 0 Å². The zero-order valence-electron chi connectivity index (χ0n) is 10.9. The number of nitrogens with one attached hydrogen (secondary N) is 1. The van der Waals surface area contributed by atoms with Gasteiger partial charge in [-0.1, -0.05) is 13.8 Å². The van der Waals surface area contributed by atoms with Crippen LogP contribution in [0.1, 0.15) is 31.0 Å². The zero-order valence-corrected chi connectivity index (χ0v) is 13.1. The number of rotatable bonds is 4. The van der Waals surface area contributed by atoms with E-state index in [1.54, 1.807) is 0 Å². The van der Waals surface area contributed by atoms with Gasteiger partial charge in [-0.3, -0.25) is 4.68 Å². The third-order valence-electron chi connectivity index (χ3n) is 2.81. The summed E-state index contributed by atoms with van der Waals surface area (Å²) in [6.45, 7) is 5.18. The standard InChI is InChI=1S/C14H18IN3/c1-10(2)14-11(9-18(3)17-14)8-16-13-6-4-12(15)5-7-13/h4-7,9-10,16H,8H2,1-3H3. The molecule has 0 spiro atoms. The van der Waals surface area contributed by atoms with Crippen LogP contribution < -0.4 is 5.32 Å². The average molecular weight is 355 g/mol. The molecule has 3 nitrogen and oxygen atoms in total. The Kier molecular flexibility index (Phi) is 4.27. The van der Waals surface area contributed by atoms with Crippen molar-refractivity contribution in [3.63, 3.8) is 0 Å². The predicted octanol–water partition coefficient (Wildman–Crippen LogP) is 3.76. The molecule has 0 aliphatic carbocycles. The summed E-state index contributed by atoms with van der Waals surface area (Å²) in [5.41, 5.74) is 3.59. The molecule has 1 aromatic carbocycles. The van der Waals surface area contributed by atoms with Crippen LogP contribution in [-0.2, 0) is 13.6 Å². The Balaban J connectivity index is 2.08.